The molecule has 6 nitrogen and oxygen atoms in total. The summed E-state index contributed by atoms with van der Waals surface area (Å²) < 4.78 is 27.2. The summed E-state index contributed by atoms with van der Waals surface area (Å²) in [5, 5.41) is 10.9. The summed E-state index contributed by atoms with van der Waals surface area (Å²) >= 11 is 1.83. The highest BCUT2D eigenvalue weighted by Gasteiger charge is 2.17. The molecule has 2 rings (SSSR count). The number of nitrogens with one attached hydrogen (secondary N) is 1. The zero-order valence-corrected chi connectivity index (χ0v) is 13.9. The van der Waals surface area contributed by atoms with Crippen LogP contribution < -0.4 is 4.72 Å². The molecule has 0 saturated heterocycles. The molecule has 0 fully saturated rings. The molecule has 0 radical (unpaired) electrons. The average molecular weight is 418 g/mol. The standard InChI is InChI=1S/C13H11IN2O4S/c1-9-2-5-11(6-3-9)21(19,20)15-10-4-7-12(14)13(8-10)16(17)18/h2-8,15H,1H3. The van der Waals surface area contributed by atoms with Crippen LogP contribution in [0.25, 0.3) is 0 Å². The molecule has 0 heterocycles. The van der Waals surface area contributed by atoms with Gasteiger partial charge < -0.3 is 0 Å². The molecule has 0 saturated carbocycles. The Morgan fingerprint density at radius 3 is 2.33 bits per heavy atom. The fourth-order valence-corrected chi connectivity index (χ4v) is 3.23. The molecule has 110 valence electrons. The average Bonchev–Trinajstić information content (AvgIpc) is 2.41. The first-order valence-electron chi connectivity index (χ1n) is 5.83. The molecule has 0 spiro atoms. The molecule has 21 heavy (non-hydrogen) atoms. The minimum Gasteiger partial charge on any atom is -0.279 e. The second-order valence-electron chi connectivity index (χ2n) is 4.34. The van der Waals surface area contributed by atoms with Gasteiger partial charge in [0.15, 0.2) is 0 Å². The molecule has 0 bridgehead atoms. The Kier molecular flexibility index (Phi) is 4.47. The lowest BCUT2D eigenvalue weighted by Gasteiger charge is -2.08. The van der Waals surface area contributed by atoms with Crippen molar-refractivity contribution in [2.24, 2.45) is 0 Å². The number of nitro groups is 1. The Balaban J connectivity index is 2.35. The molecular formula is C13H11IN2O4S. The second kappa shape index (κ2) is 5.98. The Bertz CT molecular complexity index is 788. The number of anilines is 1. The Morgan fingerprint density at radius 1 is 1.14 bits per heavy atom. The van der Waals surface area contributed by atoms with Crippen LogP contribution in [0.5, 0.6) is 0 Å². The number of nitro benzene ring substituents is 1. The summed E-state index contributed by atoms with van der Waals surface area (Å²) in [4.78, 5) is 10.4. The van der Waals surface area contributed by atoms with Crippen molar-refractivity contribution in [2.45, 2.75) is 11.8 Å². The fraction of sp³-hybridized carbons (Fsp3) is 0.0769. The van der Waals surface area contributed by atoms with E-state index < -0.39 is 14.9 Å². The molecule has 0 aliphatic rings. The lowest BCUT2D eigenvalue weighted by atomic mass is 10.2. The third kappa shape index (κ3) is 3.70. The van der Waals surface area contributed by atoms with E-state index in [0.29, 0.717) is 3.57 Å². The van der Waals surface area contributed by atoms with Crippen molar-refractivity contribution in [1.29, 1.82) is 0 Å². The summed E-state index contributed by atoms with van der Waals surface area (Å²) in [6, 6.07) is 10.5. The van der Waals surface area contributed by atoms with Crippen LogP contribution in [-0.2, 0) is 10.0 Å². The smallest absolute Gasteiger partial charge is 0.279 e. The number of hydrogen-bond acceptors (Lipinski definition) is 4. The largest absolute Gasteiger partial charge is 0.284 e. The zero-order chi connectivity index (χ0) is 15.6. The summed E-state index contributed by atoms with van der Waals surface area (Å²) in [7, 11) is -3.76. The van der Waals surface area contributed by atoms with Crippen LogP contribution in [0.2, 0.25) is 0 Å². The van der Waals surface area contributed by atoms with Gasteiger partial charge in [-0.15, -0.1) is 0 Å². The van der Waals surface area contributed by atoms with Gasteiger partial charge in [-0.2, -0.15) is 0 Å². The van der Waals surface area contributed by atoms with Gasteiger partial charge >= 0.3 is 0 Å². The number of aryl methyl sites for hydroxylation is 1. The molecule has 0 atom stereocenters. The molecule has 2 aromatic carbocycles. The molecule has 2 aromatic rings. The molecule has 0 aliphatic heterocycles. The van der Waals surface area contributed by atoms with E-state index in [1.165, 1.54) is 30.3 Å². The molecular weight excluding hydrogens is 407 g/mol. The van der Waals surface area contributed by atoms with Crippen LogP contribution in [0.3, 0.4) is 0 Å². The van der Waals surface area contributed by atoms with Crippen LogP contribution in [0.1, 0.15) is 5.56 Å². The highest BCUT2D eigenvalue weighted by Crippen LogP contribution is 2.26. The van der Waals surface area contributed by atoms with Gasteiger partial charge in [0.1, 0.15) is 0 Å². The predicted octanol–water partition coefficient (Wildman–Crippen LogP) is 3.31. The third-order valence-electron chi connectivity index (χ3n) is 2.73. The van der Waals surface area contributed by atoms with E-state index in [0.717, 1.165) is 5.56 Å². The molecule has 0 aromatic heterocycles. The topological polar surface area (TPSA) is 89.3 Å². The molecule has 0 aliphatic carbocycles. The zero-order valence-electron chi connectivity index (χ0n) is 10.9. The maximum atomic E-state index is 12.2. The molecule has 0 unspecified atom stereocenters. The van der Waals surface area contributed by atoms with Gasteiger partial charge in [0.25, 0.3) is 15.7 Å². The number of sulfonamides is 1. The quantitative estimate of drug-likeness (QED) is 0.469. The van der Waals surface area contributed by atoms with E-state index in [4.69, 9.17) is 0 Å². The lowest BCUT2D eigenvalue weighted by molar-refractivity contribution is -0.385. The number of hydrogen-bond donors (Lipinski definition) is 1. The van der Waals surface area contributed by atoms with Crippen molar-refractivity contribution in [3.05, 3.63) is 61.7 Å². The van der Waals surface area contributed by atoms with Crippen molar-refractivity contribution in [3.8, 4) is 0 Å². The number of halogens is 1. The van der Waals surface area contributed by atoms with Gasteiger partial charge in [0.05, 0.1) is 19.1 Å². The van der Waals surface area contributed by atoms with Crippen molar-refractivity contribution in [2.75, 3.05) is 4.72 Å². The Labute approximate surface area is 135 Å². The van der Waals surface area contributed by atoms with Crippen LogP contribution in [0, 0.1) is 20.6 Å². The summed E-state index contributed by atoms with van der Waals surface area (Å²) in [6.45, 7) is 1.85. The van der Waals surface area contributed by atoms with Crippen molar-refractivity contribution in [3.63, 3.8) is 0 Å². The maximum absolute atomic E-state index is 12.2. The van der Waals surface area contributed by atoms with E-state index in [9.17, 15) is 18.5 Å². The minimum absolute atomic E-state index is 0.106. The van der Waals surface area contributed by atoms with Gasteiger partial charge in [-0.1, -0.05) is 17.7 Å². The van der Waals surface area contributed by atoms with Gasteiger partial charge in [-0.05, 0) is 53.8 Å². The number of rotatable bonds is 4. The maximum Gasteiger partial charge on any atom is 0.284 e. The summed E-state index contributed by atoms with van der Waals surface area (Å²) in [5.41, 5.74) is 0.959. The van der Waals surface area contributed by atoms with Gasteiger partial charge in [-0.25, -0.2) is 8.42 Å². The number of benzene rings is 2. The first-order chi connectivity index (χ1) is 9.79. The highest BCUT2D eigenvalue weighted by atomic mass is 127. The van der Waals surface area contributed by atoms with E-state index in [2.05, 4.69) is 4.72 Å². The first kappa shape index (κ1) is 15.7. The van der Waals surface area contributed by atoms with E-state index in [1.807, 2.05) is 29.5 Å². The minimum atomic E-state index is -3.76. The van der Waals surface area contributed by atoms with Crippen LogP contribution in [0.15, 0.2) is 47.4 Å². The monoisotopic (exact) mass is 418 g/mol. The van der Waals surface area contributed by atoms with Crippen LogP contribution in [0.4, 0.5) is 11.4 Å². The summed E-state index contributed by atoms with van der Waals surface area (Å²) in [6.07, 6.45) is 0. The van der Waals surface area contributed by atoms with E-state index >= 15 is 0 Å². The van der Waals surface area contributed by atoms with Crippen LogP contribution >= 0.6 is 22.6 Å². The summed E-state index contributed by atoms with van der Waals surface area (Å²) in [5.74, 6) is 0. The third-order valence-corrected chi connectivity index (χ3v) is 5.04. The van der Waals surface area contributed by atoms with Gasteiger partial charge in [0, 0.05) is 6.07 Å². The predicted molar refractivity (Wildman–Crippen MR) is 87.8 cm³/mol. The van der Waals surface area contributed by atoms with Crippen molar-refractivity contribution >= 4 is 44.0 Å². The van der Waals surface area contributed by atoms with E-state index in [-0.39, 0.29) is 16.3 Å². The van der Waals surface area contributed by atoms with E-state index in [1.54, 1.807) is 12.1 Å². The van der Waals surface area contributed by atoms with Gasteiger partial charge in [0.2, 0.25) is 0 Å². The van der Waals surface area contributed by atoms with Crippen LogP contribution in [-0.4, -0.2) is 13.3 Å². The SMILES string of the molecule is Cc1ccc(S(=O)(=O)Nc2ccc(I)c([N+](=O)[O-])c2)cc1. The van der Waals surface area contributed by atoms with Crippen molar-refractivity contribution in [1.82, 2.24) is 0 Å². The van der Waals surface area contributed by atoms with Gasteiger partial charge in [-0.3, -0.25) is 14.8 Å². The molecule has 8 heteroatoms. The molecule has 1 N–H and O–H groups in total. The fourth-order valence-electron chi connectivity index (χ4n) is 1.65. The Morgan fingerprint density at radius 2 is 1.76 bits per heavy atom. The second-order valence-corrected chi connectivity index (χ2v) is 7.19. The lowest BCUT2D eigenvalue weighted by Crippen LogP contribution is -2.13. The first-order valence-corrected chi connectivity index (χ1v) is 8.39. The molecule has 0 amide bonds. The van der Waals surface area contributed by atoms with Crippen molar-refractivity contribution < 1.29 is 13.3 Å². The highest BCUT2D eigenvalue weighted by molar-refractivity contribution is 14.1. The normalized spacial score (nSPS) is 11.1. The number of nitrogens with zero attached hydrogens (tertiary/aromatic N) is 1. The Hall–Kier alpha value is -1.68.